The van der Waals surface area contributed by atoms with Gasteiger partial charge in [-0.25, -0.2) is 8.78 Å². The Morgan fingerprint density at radius 2 is 1.71 bits per heavy atom. The first-order valence-electron chi connectivity index (χ1n) is 6.33. The lowest BCUT2D eigenvalue weighted by Gasteiger charge is -2.17. The van der Waals surface area contributed by atoms with Gasteiger partial charge in [0.05, 0.1) is 0 Å². The molecule has 2 nitrogen and oxygen atoms in total. The van der Waals surface area contributed by atoms with Gasteiger partial charge in [-0.2, -0.15) is 0 Å². The van der Waals surface area contributed by atoms with Crippen molar-refractivity contribution in [2.75, 3.05) is 0 Å². The quantitative estimate of drug-likeness (QED) is 0.644. The third-order valence-corrected chi connectivity index (χ3v) is 3.78. The Kier molecular flexibility index (Phi) is 5.53. The summed E-state index contributed by atoms with van der Waals surface area (Å²) in [6.45, 7) is 0. The first-order valence-corrected chi connectivity index (χ1v) is 7.09. The van der Waals surface area contributed by atoms with Crippen molar-refractivity contribution >= 4 is 23.2 Å². The van der Waals surface area contributed by atoms with Gasteiger partial charge in [-0.05, 0) is 54.3 Å². The third kappa shape index (κ3) is 4.38. The topological polar surface area (TPSA) is 38.0 Å². The zero-order valence-corrected chi connectivity index (χ0v) is 12.6. The summed E-state index contributed by atoms with van der Waals surface area (Å²) in [6, 6.07) is 8.22. The number of rotatable bonds is 5. The van der Waals surface area contributed by atoms with Crippen LogP contribution >= 0.6 is 23.2 Å². The van der Waals surface area contributed by atoms with Gasteiger partial charge in [-0.1, -0.05) is 29.3 Å². The van der Waals surface area contributed by atoms with Gasteiger partial charge in [0.15, 0.2) is 0 Å². The van der Waals surface area contributed by atoms with Gasteiger partial charge in [-0.15, -0.1) is 0 Å². The molecular formula is C15H14Cl2F2N2. The van der Waals surface area contributed by atoms with Gasteiger partial charge in [0, 0.05) is 16.1 Å². The maximum atomic E-state index is 13.7. The van der Waals surface area contributed by atoms with Crippen molar-refractivity contribution in [3.8, 4) is 0 Å². The van der Waals surface area contributed by atoms with E-state index >= 15 is 0 Å². The highest BCUT2D eigenvalue weighted by Gasteiger charge is 2.14. The molecule has 0 amide bonds. The lowest BCUT2D eigenvalue weighted by atomic mass is 9.99. The summed E-state index contributed by atoms with van der Waals surface area (Å²) in [4.78, 5) is 0. The lowest BCUT2D eigenvalue weighted by Crippen LogP contribution is -2.38. The summed E-state index contributed by atoms with van der Waals surface area (Å²) < 4.78 is 26.8. The predicted octanol–water partition coefficient (Wildman–Crippen LogP) is 3.89. The van der Waals surface area contributed by atoms with Crippen LogP contribution in [0.25, 0.3) is 0 Å². The van der Waals surface area contributed by atoms with Crippen molar-refractivity contribution in [2.24, 2.45) is 5.84 Å². The summed E-state index contributed by atoms with van der Waals surface area (Å²) >= 11 is 11.9. The Morgan fingerprint density at radius 3 is 2.38 bits per heavy atom. The molecule has 0 aliphatic carbocycles. The van der Waals surface area contributed by atoms with E-state index in [2.05, 4.69) is 5.43 Å². The summed E-state index contributed by atoms with van der Waals surface area (Å²) in [6.07, 6.45) is 0.724. The molecule has 0 aliphatic heterocycles. The maximum Gasteiger partial charge on any atom is 0.126 e. The largest absolute Gasteiger partial charge is 0.271 e. The molecule has 0 radical (unpaired) electrons. The second kappa shape index (κ2) is 7.18. The molecule has 2 aromatic rings. The van der Waals surface area contributed by atoms with Gasteiger partial charge in [-0.3, -0.25) is 11.3 Å². The Morgan fingerprint density at radius 1 is 1.00 bits per heavy atom. The number of hydrogen-bond donors (Lipinski definition) is 2. The summed E-state index contributed by atoms with van der Waals surface area (Å²) in [5, 5.41) is 1.06. The second-order valence-electron chi connectivity index (χ2n) is 4.74. The van der Waals surface area contributed by atoms with E-state index < -0.39 is 11.6 Å². The fourth-order valence-corrected chi connectivity index (χ4v) is 2.59. The van der Waals surface area contributed by atoms with Crippen molar-refractivity contribution in [2.45, 2.75) is 18.9 Å². The Labute approximate surface area is 131 Å². The molecule has 0 bridgehead atoms. The molecule has 3 N–H and O–H groups in total. The SMILES string of the molecule is NNC(Cc1cc(F)ccc1F)Cc1ccc(Cl)cc1Cl. The summed E-state index contributed by atoms with van der Waals surface area (Å²) in [5.74, 6) is 4.56. The highest BCUT2D eigenvalue weighted by Crippen LogP contribution is 2.23. The minimum absolute atomic E-state index is 0.249. The van der Waals surface area contributed by atoms with Crippen LogP contribution in [0.5, 0.6) is 0 Å². The van der Waals surface area contributed by atoms with Crippen LogP contribution in [0.2, 0.25) is 10.0 Å². The molecular weight excluding hydrogens is 317 g/mol. The third-order valence-electron chi connectivity index (χ3n) is 3.19. The van der Waals surface area contributed by atoms with E-state index in [1.807, 2.05) is 0 Å². The molecule has 0 heterocycles. The number of hydrazine groups is 1. The van der Waals surface area contributed by atoms with Gasteiger partial charge in [0.2, 0.25) is 0 Å². The summed E-state index contributed by atoms with van der Waals surface area (Å²) in [5.41, 5.74) is 3.71. The standard InChI is InChI=1S/C15H14Cl2F2N2/c16-11-2-1-9(14(17)8-11)6-13(21-20)7-10-5-12(18)3-4-15(10)19/h1-5,8,13,21H,6-7,20H2. The smallest absolute Gasteiger partial charge is 0.126 e. The monoisotopic (exact) mass is 330 g/mol. The molecule has 0 spiro atoms. The van der Waals surface area contributed by atoms with E-state index in [4.69, 9.17) is 29.0 Å². The van der Waals surface area contributed by atoms with Crippen molar-refractivity contribution in [1.82, 2.24) is 5.43 Å². The average Bonchev–Trinajstić information content (AvgIpc) is 2.44. The van der Waals surface area contributed by atoms with Crippen LogP contribution in [-0.4, -0.2) is 6.04 Å². The zero-order valence-electron chi connectivity index (χ0n) is 11.0. The van der Waals surface area contributed by atoms with Crippen LogP contribution in [0.1, 0.15) is 11.1 Å². The highest BCUT2D eigenvalue weighted by atomic mass is 35.5. The number of nitrogens with two attached hydrogens (primary N) is 1. The van der Waals surface area contributed by atoms with Crippen LogP contribution in [0.3, 0.4) is 0 Å². The van der Waals surface area contributed by atoms with E-state index in [0.29, 0.717) is 16.5 Å². The minimum atomic E-state index is -0.480. The molecule has 0 aliphatic rings. The maximum absolute atomic E-state index is 13.7. The zero-order chi connectivity index (χ0) is 15.4. The molecule has 2 aromatic carbocycles. The Balaban J connectivity index is 2.14. The molecule has 21 heavy (non-hydrogen) atoms. The van der Waals surface area contributed by atoms with Gasteiger partial charge in [0.1, 0.15) is 11.6 Å². The molecule has 2 rings (SSSR count). The first-order chi connectivity index (χ1) is 9.99. The fourth-order valence-electron chi connectivity index (χ4n) is 2.11. The predicted molar refractivity (Wildman–Crippen MR) is 81.3 cm³/mol. The van der Waals surface area contributed by atoms with Gasteiger partial charge in [0.25, 0.3) is 0 Å². The number of halogens is 4. The first kappa shape index (κ1) is 16.2. The second-order valence-corrected chi connectivity index (χ2v) is 5.59. The molecule has 0 fully saturated rings. The Hall–Kier alpha value is -1.20. The van der Waals surface area contributed by atoms with Crippen molar-refractivity contribution in [3.63, 3.8) is 0 Å². The van der Waals surface area contributed by atoms with Crippen molar-refractivity contribution < 1.29 is 8.78 Å². The van der Waals surface area contributed by atoms with Crippen molar-refractivity contribution in [3.05, 3.63) is 69.2 Å². The normalized spacial score (nSPS) is 12.4. The molecule has 0 saturated carbocycles. The van der Waals surface area contributed by atoms with Crippen LogP contribution in [0.4, 0.5) is 8.78 Å². The molecule has 1 unspecified atom stereocenters. The van der Waals surface area contributed by atoms with Crippen molar-refractivity contribution in [1.29, 1.82) is 0 Å². The van der Waals surface area contributed by atoms with Crippen LogP contribution in [-0.2, 0) is 12.8 Å². The number of nitrogens with one attached hydrogen (secondary N) is 1. The van der Waals surface area contributed by atoms with E-state index in [1.165, 1.54) is 6.07 Å². The molecule has 1 atom stereocenters. The van der Waals surface area contributed by atoms with Crippen LogP contribution in [0, 0.1) is 11.6 Å². The molecule has 0 saturated heterocycles. The van der Waals surface area contributed by atoms with E-state index in [0.717, 1.165) is 17.7 Å². The van der Waals surface area contributed by atoms with Crippen LogP contribution < -0.4 is 11.3 Å². The lowest BCUT2D eigenvalue weighted by molar-refractivity contribution is 0.502. The Bertz CT molecular complexity index is 635. The molecule has 0 aromatic heterocycles. The fraction of sp³-hybridized carbons (Fsp3) is 0.200. The van der Waals surface area contributed by atoms with Crippen LogP contribution in [0.15, 0.2) is 36.4 Å². The average molecular weight is 331 g/mol. The summed E-state index contributed by atoms with van der Waals surface area (Å²) in [7, 11) is 0. The number of benzene rings is 2. The minimum Gasteiger partial charge on any atom is -0.271 e. The van der Waals surface area contributed by atoms with Gasteiger partial charge < -0.3 is 0 Å². The number of hydrogen-bond acceptors (Lipinski definition) is 2. The van der Waals surface area contributed by atoms with E-state index in [9.17, 15) is 8.78 Å². The molecule has 6 heteroatoms. The van der Waals surface area contributed by atoms with Gasteiger partial charge >= 0.3 is 0 Å². The highest BCUT2D eigenvalue weighted by molar-refractivity contribution is 6.35. The molecule has 112 valence electrons. The van der Waals surface area contributed by atoms with E-state index in [-0.39, 0.29) is 18.0 Å². The van der Waals surface area contributed by atoms with E-state index in [1.54, 1.807) is 18.2 Å².